The van der Waals surface area contributed by atoms with E-state index in [9.17, 15) is 0 Å². The second-order valence-corrected chi connectivity index (χ2v) is 5.41. The normalized spacial score (nSPS) is 11.4. The van der Waals surface area contributed by atoms with E-state index in [1.165, 1.54) is 24.0 Å². The summed E-state index contributed by atoms with van der Waals surface area (Å²) < 4.78 is 0. The van der Waals surface area contributed by atoms with Crippen molar-refractivity contribution < 1.29 is 0 Å². The zero-order valence-electron chi connectivity index (χ0n) is 12.4. The maximum absolute atomic E-state index is 3.45. The van der Waals surface area contributed by atoms with Gasteiger partial charge in [0, 0.05) is 25.7 Å². The van der Waals surface area contributed by atoms with Crippen molar-refractivity contribution in [1.82, 2.24) is 10.2 Å². The zero-order valence-corrected chi connectivity index (χ0v) is 12.4. The first-order valence-corrected chi connectivity index (χ1v) is 7.11. The Kier molecular flexibility index (Phi) is 6.99. The number of benzene rings is 1. The molecule has 1 rings (SSSR count). The van der Waals surface area contributed by atoms with E-state index in [1.807, 2.05) is 0 Å². The second-order valence-electron chi connectivity index (χ2n) is 5.41. The molecule has 0 atom stereocenters. The van der Waals surface area contributed by atoms with E-state index in [0.29, 0.717) is 6.04 Å². The van der Waals surface area contributed by atoms with Gasteiger partial charge in [0.25, 0.3) is 0 Å². The fraction of sp³-hybridized carbons (Fsp3) is 0.625. The van der Waals surface area contributed by atoms with Crippen molar-refractivity contribution in [2.24, 2.45) is 0 Å². The summed E-state index contributed by atoms with van der Waals surface area (Å²) in [6.07, 6.45) is 2.41. The third-order valence-corrected chi connectivity index (χ3v) is 3.06. The Hall–Kier alpha value is -0.860. The lowest BCUT2D eigenvalue weighted by Gasteiger charge is -2.18. The number of nitrogens with zero attached hydrogens (tertiary/aromatic N) is 1. The SMILES string of the molecule is CCCc1ccc(CN(C)CCNC(C)C)cc1. The fourth-order valence-corrected chi connectivity index (χ4v) is 2.03. The minimum absolute atomic E-state index is 0.576. The predicted molar refractivity (Wildman–Crippen MR) is 79.9 cm³/mol. The third-order valence-electron chi connectivity index (χ3n) is 3.06. The molecule has 0 heterocycles. The fourth-order valence-electron chi connectivity index (χ4n) is 2.03. The third kappa shape index (κ3) is 6.18. The molecule has 0 saturated heterocycles. The van der Waals surface area contributed by atoms with E-state index < -0.39 is 0 Å². The quantitative estimate of drug-likeness (QED) is 0.760. The Balaban J connectivity index is 2.32. The van der Waals surface area contributed by atoms with Crippen LogP contribution in [0.2, 0.25) is 0 Å². The molecule has 0 aliphatic carbocycles. The van der Waals surface area contributed by atoms with E-state index in [1.54, 1.807) is 0 Å². The number of hydrogen-bond acceptors (Lipinski definition) is 2. The molecule has 0 saturated carbocycles. The Morgan fingerprint density at radius 3 is 2.28 bits per heavy atom. The van der Waals surface area contributed by atoms with Gasteiger partial charge >= 0.3 is 0 Å². The van der Waals surface area contributed by atoms with Crippen LogP contribution < -0.4 is 5.32 Å². The minimum atomic E-state index is 0.576. The summed E-state index contributed by atoms with van der Waals surface area (Å²) in [4.78, 5) is 2.37. The number of nitrogens with one attached hydrogen (secondary N) is 1. The van der Waals surface area contributed by atoms with Gasteiger partial charge in [0.2, 0.25) is 0 Å². The van der Waals surface area contributed by atoms with Crippen molar-refractivity contribution in [3.05, 3.63) is 35.4 Å². The van der Waals surface area contributed by atoms with E-state index >= 15 is 0 Å². The molecule has 18 heavy (non-hydrogen) atoms. The highest BCUT2D eigenvalue weighted by Crippen LogP contribution is 2.08. The first kappa shape index (κ1) is 15.2. The van der Waals surface area contributed by atoms with Crippen molar-refractivity contribution >= 4 is 0 Å². The second kappa shape index (κ2) is 8.28. The van der Waals surface area contributed by atoms with Crippen LogP contribution >= 0.6 is 0 Å². The molecule has 0 aliphatic rings. The predicted octanol–water partition coefficient (Wildman–Crippen LogP) is 3.07. The summed E-state index contributed by atoms with van der Waals surface area (Å²) in [6.45, 7) is 9.78. The van der Waals surface area contributed by atoms with Crippen molar-refractivity contribution in [3.8, 4) is 0 Å². The summed E-state index contributed by atoms with van der Waals surface area (Å²) >= 11 is 0. The van der Waals surface area contributed by atoms with E-state index in [-0.39, 0.29) is 0 Å². The van der Waals surface area contributed by atoms with E-state index in [4.69, 9.17) is 0 Å². The lowest BCUT2D eigenvalue weighted by molar-refractivity contribution is 0.320. The summed E-state index contributed by atoms with van der Waals surface area (Å²) in [5, 5.41) is 3.45. The molecule has 2 heteroatoms. The van der Waals surface area contributed by atoms with Gasteiger partial charge in [-0.15, -0.1) is 0 Å². The number of hydrogen-bond donors (Lipinski definition) is 1. The Morgan fingerprint density at radius 1 is 1.11 bits per heavy atom. The Bertz CT molecular complexity index is 316. The van der Waals surface area contributed by atoms with Crippen LogP contribution in [0.1, 0.15) is 38.3 Å². The van der Waals surface area contributed by atoms with Crippen LogP contribution in [-0.2, 0) is 13.0 Å². The lowest BCUT2D eigenvalue weighted by Crippen LogP contribution is -2.32. The molecule has 0 unspecified atom stereocenters. The van der Waals surface area contributed by atoms with Crippen molar-refractivity contribution in [2.75, 3.05) is 20.1 Å². The first-order valence-electron chi connectivity index (χ1n) is 7.11. The number of rotatable bonds is 8. The van der Waals surface area contributed by atoms with Crippen molar-refractivity contribution in [3.63, 3.8) is 0 Å². The van der Waals surface area contributed by atoms with Crippen LogP contribution in [-0.4, -0.2) is 31.1 Å². The average Bonchev–Trinajstić information content (AvgIpc) is 2.31. The lowest BCUT2D eigenvalue weighted by atomic mass is 10.1. The number of aryl methyl sites for hydroxylation is 1. The zero-order chi connectivity index (χ0) is 13.4. The largest absolute Gasteiger partial charge is 0.313 e. The summed E-state index contributed by atoms with van der Waals surface area (Å²) in [7, 11) is 2.18. The summed E-state index contributed by atoms with van der Waals surface area (Å²) in [6, 6.07) is 9.62. The Labute approximate surface area is 112 Å². The van der Waals surface area contributed by atoms with Gasteiger partial charge in [-0.2, -0.15) is 0 Å². The molecular formula is C16H28N2. The summed E-state index contributed by atoms with van der Waals surface area (Å²) in [5.41, 5.74) is 2.85. The molecule has 0 aliphatic heterocycles. The summed E-state index contributed by atoms with van der Waals surface area (Å²) in [5.74, 6) is 0. The molecule has 0 bridgehead atoms. The van der Waals surface area contributed by atoms with Gasteiger partial charge in [-0.25, -0.2) is 0 Å². The first-order chi connectivity index (χ1) is 8.61. The topological polar surface area (TPSA) is 15.3 Å². The van der Waals surface area contributed by atoms with Crippen LogP contribution in [0.15, 0.2) is 24.3 Å². The maximum Gasteiger partial charge on any atom is 0.0231 e. The maximum atomic E-state index is 3.45. The van der Waals surface area contributed by atoms with Crippen molar-refractivity contribution in [1.29, 1.82) is 0 Å². The molecule has 0 amide bonds. The molecule has 0 radical (unpaired) electrons. The van der Waals surface area contributed by atoms with Gasteiger partial charge < -0.3 is 10.2 Å². The standard InChI is InChI=1S/C16H28N2/c1-5-6-15-7-9-16(10-8-15)13-18(4)12-11-17-14(2)3/h7-10,14,17H,5-6,11-13H2,1-4H3. The van der Waals surface area contributed by atoms with Gasteiger partial charge in [0.15, 0.2) is 0 Å². The minimum Gasteiger partial charge on any atom is -0.313 e. The van der Waals surface area contributed by atoms with E-state index in [0.717, 1.165) is 19.6 Å². The van der Waals surface area contributed by atoms with Gasteiger partial charge in [-0.3, -0.25) is 0 Å². The Morgan fingerprint density at radius 2 is 1.72 bits per heavy atom. The highest BCUT2D eigenvalue weighted by Gasteiger charge is 2.01. The highest BCUT2D eigenvalue weighted by atomic mass is 15.1. The molecule has 0 aromatic heterocycles. The van der Waals surface area contributed by atoms with Crippen LogP contribution in [0.5, 0.6) is 0 Å². The molecule has 0 spiro atoms. The molecule has 1 aromatic carbocycles. The van der Waals surface area contributed by atoms with Gasteiger partial charge in [0.05, 0.1) is 0 Å². The van der Waals surface area contributed by atoms with Crippen LogP contribution in [0.25, 0.3) is 0 Å². The highest BCUT2D eigenvalue weighted by molar-refractivity contribution is 5.22. The smallest absolute Gasteiger partial charge is 0.0231 e. The molecule has 1 N–H and O–H groups in total. The van der Waals surface area contributed by atoms with Crippen LogP contribution in [0.3, 0.4) is 0 Å². The molecular weight excluding hydrogens is 220 g/mol. The monoisotopic (exact) mass is 248 g/mol. The van der Waals surface area contributed by atoms with Crippen molar-refractivity contribution in [2.45, 2.75) is 46.2 Å². The van der Waals surface area contributed by atoms with Crippen LogP contribution in [0.4, 0.5) is 0 Å². The molecule has 2 nitrogen and oxygen atoms in total. The molecule has 1 aromatic rings. The van der Waals surface area contributed by atoms with Crippen LogP contribution in [0, 0.1) is 0 Å². The van der Waals surface area contributed by atoms with Gasteiger partial charge in [-0.1, -0.05) is 51.5 Å². The van der Waals surface area contributed by atoms with Gasteiger partial charge in [-0.05, 0) is 24.6 Å². The molecule has 102 valence electrons. The number of likely N-dealkylation sites (N-methyl/N-ethyl adjacent to an activating group) is 1. The van der Waals surface area contributed by atoms with E-state index in [2.05, 4.69) is 62.3 Å². The van der Waals surface area contributed by atoms with Gasteiger partial charge in [0.1, 0.15) is 0 Å². The molecule has 0 fully saturated rings. The average molecular weight is 248 g/mol.